The average Bonchev–Trinajstić information content (AvgIpc) is 3.04. The Labute approximate surface area is 168 Å². The summed E-state index contributed by atoms with van der Waals surface area (Å²) in [6, 6.07) is 12.5. The lowest BCUT2D eigenvalue weighted by atomic mass is 10.2. The minimum atomic E-state index is -3.29. The Kier molecular flexibility index (Phi) is 4.67. The third kappa shape index (κ3) is 4.04. The van der Waals surface area contributed by atoms with Crippen molar-refractivity contribution in [2.45, 2.75) is 18.7 Å². The second-order valence-electron chi connectivity index (χ2n) is 6.86. The van der Waals surface area contributed by atoms with Gasteiger partial charge in [-0.3, -0.25) is 5.10 Å². The normalized spacial score (nSPS) is 11.6. The first-order chi connectivity index (χ1) is 13.8. The second-order valence-corrected chi connectivity index (χ2v) is 8.87. The van der Waals surface area contributed by atoms with Crippen molar-refractivity contribution >= 4 is 43.9 Å². The molecule has 0 amide bonds. The number of fused-ring (bicyclic) bond motifs is 1. The Bertz CT molecular complexity index is 1310. The molecule has 148 valence electrons. The van der Waals surface area contributed by atoms with Crippen molar-refractivity contribution in [1.82, 2.24) is 20.2 Å². The first-order valence-corrected chi connectivity index (χ1v) is 10.8. The highest BCUT2D eigenvalue weighted by Gasteiger charge is 2.10. The number of nitrogens with zero attached hydrogens (tertiary/aromatic N) is 3. The molecule has 2 heterocycles. The van der Waals surface area contributed by atoms with Gasteiger partial charge in [-0.2, -0.15) is 10.1 Å². The van der Waals surface area contributed by atoms with E-state index in [2.05, 4.69) is 30.8 Å². The maximum absolute atomic E-state index is 11.8. The predicted molar refractivity (Wildman–Crippen MR) is 114 cm³/mol. The summed E-state index contributed by atoms with van der Waals surface area (Å²) in [4.78, 5) is 9.05. The summed E-state index contributed by atoms with van der Waals surface area (Å²) in [7, 11) is -3.29. The van der Waals surface area contributed by atoms with E-state index >= 15 is 0 Å². The topological polar surface area (TPSA) is 113 Å². The molecule has 0 radical (unpaired) electrons. The summed E-state index contributed by atoms with van der Waals surface area (Å²) < 4.78 is 23.5. The number of anilines is 4. The van der Waals surface area contributed by atoms with Crippen LogP contribution in [0.15, 0.2) is 53.6 Å². The van der Waals surface area contributed by atoms with Gasteiger partial charge in [-0.1, -0.05) is 6.07 Å². The van der Waals surface area contributed by atoms with E-state index in [9.17, 15) is 8.42 Å². The van der Waals surface area contributed by atoms with Crippen LogP contribution >= 0.6 is 0 Å². The summed E-state index contributed by atoms with van der Waals surface area (Å²) in [5, 5.41) is 14.7. The van der Waals surface area contributed by atoms with Gasteiger partial charge in [-0.25, -0.2) is 13.4 Å². The Balaban J connectivity index is 1.60. The van der Waals surface area contributed by atoms with Crippen LogP contribution in [-0.2, 0) is 9.84 Å². The molecule has 0 aliphatic carbocycles. The first-order valence-electron chi connectivity index (χ1n) is 8.92. The molecule has 4 rings (SSSR count). The largest absolute Gasteiger partial charge is 0.340 e. The summed E-state index contributed by atoms with van der Waals surface area (Å²) >= 11 is 0. The van der Waals surface area contributed by atoms with Gasteiger partial charge in [-0.05, 0) is 50.2 Å². The highest BCUT2D eigenvalue weighted by molar-refractivity contribution is 7.90. The van der Waals surface area contributed by atoms with Crippen LogP contribution in [0.25, 0.3) is 10.9 Å². The van der Waals surface area contributed by atoms with Gasteiger partial charge in [0.1, 0.15) is 5.82 Å². The number of sulfone groups is 1. The maximum atomic E-state index is 11.8. The van der Waals surface area contributed by atoms with Crippen molar-refractivity contribution in [2.24, 2.45) is 0 Å². The van der Waals surface area contributed by atoms with Gasteiger partial charge in [0.15, 0.2) is 9.84 Å². The fourth-order valence-corrected chi connectivity index (χ4v) is 3.59. The predicted octanol–water partition coefficient (Wildman–Crippen LogP) is 3.86. The smallest absolute Gasteiger partial charge is 0.229 e. The molecule has 0 saturated heterocycles. The zero-order valence-electron chi connectivity index (χ0n) is 16.2. The minimum Gasteiger partial charge on any atom is -0.340 e. The summed E-state index contributed by atoms with van der Waals surface area (Å²) in [6.45, 7) is 3.89. The van der Waals surface area contributed by atoms with Gasteiger partial charge in [0.2, 0.25) is 5.95 Å². The highest BCUT2D eigenvalue weighted by atomic mass is 32.2. The summed E-state index contributed by atoms with van der Waals surface area (Å²) in [5.74, 6) is 1.01. The summed E-state index contributed by atoms with van der Waals surface area (Å²) in [6.07, 6.45) is 2.88. The molecule has 8 nitrogen and oxygen atoms in total. The van der Waals surface area contributed by atoms with Crippen LogP contribution in [-0.4, -0.2) is 34.8 Å². The molecule has 0 bridgehead atoms. The van der Waals surface area contributed by atoms with Gasteiger partial charge in [0.05, 0.1) is 10.4 Å². The van der Waals surface area contributed by atoms with Gasteiger partial charge in [0, 0.05) is 40.5 Å². The molecule has 4 aromatic rings. The van der Waals surface area contributed by atoms with Crippen molar-refractivity contribution in [3.8, 4) is 0 Å². The van der Waals surface area contributed by atoms with Crippen LogP contribution < -0.4 is 10.6 Å². The van der Waals surface area contributed by atoms with Crippen LogP contribution in [0.4, 0.5) is 23.1 Å². The molecule has 3 N–H and O–H groups in total. The number of hydrogen-bond acceptors (Lipinski definition) is 7. The minimum absolute atomic E-state index is 0.232. The summed E-state index contributed by atoms with van der Waals surface area (Å²) in [5.41, 5.74) is 4.22. The fourth-order valence-electron chi connectivity index (χ4n) is 2.92. The van der Waals surface area contributed by atoms with E-state index in [1.165, 1.54) is 6.26 Å². The van der Waals surface area contributed by atoms with E-state index in [1.54, 1.807) is 30.5 Å². The molecule has 0 aliphatic rings. The Morgan fingerprint density at radius 2 is 1.79 bits per heavy atom. The van der Waals surface area contributed by atoms with Gasteiger partial charge >= 0.3 is 0 Å². The van der Waals surface area contributed by atoms with Gasteiger partial charge < -0.3 is 10.6 Å². The Morgan fingerprint density at radius 3 is 2.59 bits per heavy atom. The fraction of sp³-hybridized carbons (Fsp3) is 0.150. The molecule has 0 atom stereocenters. The monoisotopic (exact) mass is 408 g/mol. The van der Waals surface area contributed by atoms with Crippen LogP contribution in [0, 0.1) is 13.8 Å². The van der Waals surface area contributed by atoms with E-state index in [4.69, 9.17) is 0 Å². The van der Waals surface area contributed by atoms with Crippen LogP contribution in [0.5, 0.6) is 0 Å². The molecule has 2 aromatic carbocycles. The van der Waals surface area contributed by atoms with Crippen molar-refractivity contribution in [3.05, 3.63) is 59.9 Å². The highest BCUT2D eigenvalue weighted by Crippen LogP contribution is 2.25. The van der Waals surface area contributed by atoms with E-state index in [1.807, 2.05) is 32.0 Å². The molecular weight excluding hydrogens is 388 g/mol. The number of aryl methyl sites for hydroxylation is 2. The molecule has 9 heteroatoms. The van der Waals surface area contributed by atoms with E-state index < -0.39 is 9.84 Å². The van der Waals surface area contributed by atoms with E-state index in [-0.39, 0.29) is 4.90 Å². The van der Waals surface area contributed by atoms with Gasteiger partial charge in [0.25, 0.3) is 0 Å². The molecule has 0 saturated carbocycles. The lowest BCUT2D eigenvalue weighted by Gasteiger charge is -2.11. The molecule has 0 spiro atoms. The number of H-pyrrole nitrogens is 1. The Morgan fingerprint density at radius 1 is 1.00 bits per heavy atom. The van der Waals surface area contributed by atoms with E-state index in [0.29, 0.717) is 17.5 Å². The number of rotatable bonds is 5. The standard InChI is InChI=1S/C20H20N6O2S/c1-12-11-21-20(23-14-5-4-6-16(9-14)29(3,27)28)24-19(12)22-15-7-8-17-13(2)25-26-18(17)10-15/h4-11H,1-3H3,(H,25,26)(H2,21,22,23,24). The molecule has 29 heavy (non-hydrogen) atoms. The van der Waals surface area contributed by atoms with Gasteiger partial charge in [-0.15, -0.1) is 0 Å². The zero-order valence-corrected chi connectivity index (χ0v) is 17.0. The maximum Gasteiger partial charge on any atom is 0.229 e. The molecule has 0 fully saturated rings. The first kappa shape index (κ1) is 18.9. The third-order valence-electron chi connectivity index (χ3n) is 4.50. The van der Waals surface area contributed by atoms with Crippen molar-refractivity contribution in [2.75, 3.05) is 16.9 Å². The second kappa shape index (κ2) is 7.17. The number of aromatic amines is 1. The van der Waals surface area contributed by atoms with Crippen molar-refractivity contribution < 1.29 is 8.42 Å². The lowest BCUT2D eigenvalue weighted by molar-refractivity contribution is 0.602. The van der Waals surface area contributed by atoms with Crippen LogP contribution in [0.1, 0.15) is 11.3 Å². The number of nitrogens with one attached hydrogen (secondary N) is 3. The average molecular weight is 408 g/mol. The molecule has 0 aliphatic heterocycles. The third-order valence-corrected chi connectivity index (χ3v) is 5.61. The molecular formula is C20H20N6O2S. The van der Waals surface area contributed by atoms with Crippen molar-refractivity contribution in [1.29, 1.82) is 0 Å². The number of benzene rings is 2. The van der Waals surface area contributed by atoms with Crippen LogP contribution in [0.3, 0.4) is 0 Å². The number of hydrogen-bond donors (Lipinski definition) is 3. The molecule has 0 unspecified atom stereocenters. The quantitative estimate of drug-likeness (QED) is 0.459. The SMILES string of the molecule is Cc1cnc(Nc2cccc(S(C)(=O)=O)c2)nc1Nc1ccc2c(C)[nH]nc2c1. The van der Waals surface area contributed by atoms with Crippen LogP contribution in [0.2, 0.25) is 0 Å². The zero-order chi connectivity index (χ0) is 20.6. The Hall–Kier alpha value is -3.46. The van der Waals surface area contributed by atoms with E-state index in [0.717, 1.165) is 27.8 Å². The lowest BCUT2D eigenvalue weighted by Crippen LogP contribution is -2.03. The number of aromatic nitrogens is 4. The molecule has 2 aromatic heterocycles. The van der Waals surface area contributed by atoms with Crippen molar-refractivity contribution in [3.63, 3.8) is 0 Å².